The van der Waals surface area contributed by atoms with Gasteiger partial charge in [-0.05, 0) is 39.6 Å². The van der Waals surface area contributed by atoms with E-state index in [1.165, 1.54) is 60.4 Å². The van der Waals surface area contributed by atoms with E-state index in [0.29, 0.717) is 16.0 Å². The topological polar surface area (TPSA) is 138 Å². The van der Waals surface area contributed by atoms with Crippen LogP contribution in [0, 0.1) is 21.4 Å². The number of hydrogen-bond donors (Lipinski definition) is 0. The SMILES string of the molecule is CC(=O)OC(c1ccoc1)C1C(=O)N2C(C(=O)OCc3ccc([N+](=O)[O-])cc3)=C(C(C)(C)C)S[C@]12CO[SiH](c1ccccc1)c1ccccc1. The summed E-state index contributed by atoms with van der Waals surface area (Å²) in [7, 11) is -2.35. The minimum atomic E-state index is -2.35. The molecular weight excluding hydrogens is 677 g/mol. The molecular formula is C37H36N2O9SSi. The number of nitro benzene ring substituents is 1. The predicted molar refractivity (Wildman–Crippen MR) is 188 cm³/mol. The number of carbonyl (C=O) groups excluding carboxylic acids is 3. The Morgan fingerprint density at radius 2 is 1.62 bits per heavy atom. The lowest BCUT2D eigenvalue weighted by Gasteiger charge is -2.55. The summed E-state index contributed by atoms with van der Waals surface area (Å²) in [5.41, 5.74) is 0.457. The van der Waals surface area contributed by atoms with Crippen molar-refractivity contribution in [1.82, 2.24) is 4.90 Å². The minimum absolute atomic E-state index is 0.0169. The van der Waals surface area contributed by atoms with Gasteiger partial charge in [0, 0.05) is 29.5 Å². The number of nitrogens with zero attached hydrogens (tertiary/aromatic N) is 2. The largest absolute Gasteiger partial charge is 0.472 e. The van der Waals surface area contributed by atoms with Gasteiger partial charge < -0.3 is 18.3 Å². The van der Waals surface area contributed by atoms with Gasteiger partial charge in [-0.15, -0.1) is 0 Å². The molecule has 11 nitrogen and oxygen atoms in total. The Hall–Kier alpha value is -4.98. The van der Waals surface area contributed by atoms with Crippen LogP contribution in [0.2, 0.25) is 0 Å². The van der Waals surface area contributed by atoms with Crippen LogP contribution >= 0.6 is 11.8 Å². The molecule has 2 unspecified atom stereocenters. The Morgan fingerprint density at radius 1 is 1.00 bits per heavy atom. The fraction of sp³-hybridized carbons (Fsp3) is 0.270. The molecule has 1 amide bonds. The summed E-state index contributed by atoms with van der Waals surface area (Å²) >= 11 is 1.36. The number of esters is 2. The Morgan fingerprint density at radius 3 is 2.14 bits per heavy atom. The van der Waals surface area contributed by atoms with Gasteiger partial charge in [-0.25, -0.2) is 4.79 Å². The highest BCUT2D eigenvalue weighted by Gasteiger charge is 2.71. The molecule has 0 radical (unpaired) electrons. The maximum absolute atomic E-state index is 14.5. The third-order valence-corrected chi connectivity index (χ3v) is 13.0. The smallest absolute Gasteiger partial charge is 0.356 e. The average Bonchev–Trinajstić information content (AvgIpc) is 3.74. The number of fused-ring (bicyclic) bond motifs is 1. The monoisotopic (exact) mass is 712 g/mol. The number of hydrogen-bond acceptors (Lipinski definition) is 10. The number of rotatable bonds is 12. The maximum atomic E-state index is 14.5. The molecule has 3 atom stereocenters. The van der Waals surface area contributed by atoms with Crippen LogP contribution in [0.1, 0.15) is 44.9 Å². The molecule has 13 heteroatoms. The van der Waals surface area contributed by atoms with E-state index in [4.69, 9.17) is 18.3 Å². The van der Waals surface area contributed by atoms with E-state index in [1.807, 2.05) is 81.4 Å². The molecule has 50 heavy (non-hydrogen) atoms. The van der Waals surface area contributed by atoms with Gasteiger partial charge >= 0.3 is 11.9 Å². The van der Waals surface area contributed by atoms with Gasteiger partial charge in [0.25, 0.3) is 5.69 Å². The molecule has 2 aliphatic rings. The Bertz CT molecular complexity index is 1870. The first kappa shape index (κ1) is 34.9. The van der Waals surface area contributed by atoms with Crippen molar-refractivity contribution in [3.63, 3.8) is 0 Å². The van der Waals surface area contributed by atoms with E-state index in [2.05, 4.69) is 0 Å². The third-order valence-electron chi connectivity index (χ3n) is 8.59. The van der Waals surface area contributed by atoms with Crippen molar-refractivity contribution in [3.05, 3.63) is 135 Å². The molecule has 3 heterocycles. The number of benzene rings is 3. The molecule has 0 aliphatic carbocycles. The number of amides is 1. The molecule has 2 aliphatic heterocycles. The minimum Gasteiger partial charge on any atom is -0.472 e. The van der Waals surface area contributed by atoms with Crippen LogP contribution < -0.4 is 10.4 Å². The predicted octanol–water partition coefficient (Wildman–Crippen LogP) is 5.25. The normalized spacial score (nSPS) is 19.2. The molecule has 0 saturated carbocycles. The van der Waals surface area contributed by atoms with Crippen molar-refractivity contribution in [2.75, 3.05) is 6.61 Å². The summed E-state index contributed by atoms with van der Waals surface area (Å²) in [6.07, 6.45) is 1.88. The number of furan rings is 1. The van der Waals surface area contributed by atoms with Crippen LogP contribution in [0.5, 0.6) is 0 Å². The second-order valence-electron chi connectivity index (χ2n) is 13.1. The van der Waals surface area contributed by atoms with Crippen molar-refractivity contribution in [2.24, 2.45) is 11.3 Å². The van der Waals surface area contributed by atoms with Gasteiger partial charge in [0.2, 0.25) is 14.9 Å². The highest BCUT2D eigenvalue weighted by Crippen LogP contribution is 2.64. The molecule has 0 spiro atoms. The number of thioether (sulfide) groups is 1. The van der Waals surface area contributed by atoms with Crippen LogP contribution in [-0.2, 0) is 34.9 Å². The lowest BCUT2D eigenvalue weighted by molar-refractivity contribution is -0.384. The van der Waals surface area contributed by atoms with E-state index < -0.39 is 54.1 Å². The first-order chi connectivity index (χ1) is 23.9. The average molecular weight is 713 g/mol. The van der Waals surface area contributed by atoms with E-state index >= 15 is 0 Å². The molecule has 4 aromatic rings. The van der Waals surface area contributed by atoms with Crippen molar-refractivity contribution < 1.29 is 37.6 Å². The summed E-state index contributed by atoms with van der Waals surface area (Å²) in [6, 6.07) is 27.2. The highest BCUT2D eigenvalue weighted by molar-refractivity contribution is 8.04. The van der Waals surface area contributed by atoms with Gasteiger partial charge in [-0.2, -0.15) is 0 Å². The van der Waals surface area contributed by atoms with Crippen molar-refractivity contribution >= 4 is 54.7 Å². The van der Waals surface area contributed by atoms with E-state index in [0.717, 1.165) is 10.4 Å². The van der Waals surface area contributed by atoms with E-state index in [1.54, 1.807) is 6.07 Å². The zero-order valence-electron chi connectivity index (χ0n) is 27.9. The summed E-state index contributed by atoms with van der Waals surface area (Å²) in [5, 5.41) is 13.2. The number of allylic oxidation sites excluding steroid dienone is 1. The second kappa shape index (κ2) is 14.1. The van der Waals surface area contributed by atoms with Crippen LogP contribution in [0.3, 0.4) is 0 Å². The van der Waals surface area contributed by atoms with Crippen LogP contribution in [0.25, 0.3) is 0 Å². The van der Waals surface area contributed by atoms with Gasteiger partial charge in [0.15, 0.2) is 0 Å². The molecule has 258 valence electrons. The fourth-order valence-corrected chi connectivity index (χ4v) is 10.4. The quantitative estimate of drug-likeness (QED) is 0.0630. The number of non-ortho nitro benzene ring substituents is 1. The molecule has 1 aromatic heterocycles. The molecule has 3 aromatic carbocycles. The van der Waals surface area contributed by atoms with E-state index in [-0.39, 0.29) is 24.6 Å². The van der Waals surface area contributed by atoms with Crippen molar-refractivity contribution in [1.29, 1.82) is 0 Å². The van der Waals surface area contributed by atoms with Crippen LogP contribution in [0.15, 0.2) is 119 Å². The number of ether oxygens (including phenoxy) is 2. The molecule has 0 N–H and O–H groups in total. The molecule has 6 rings (SSSR count). The second-order valence-corrected chi connectivity index (χ2v) is 16.9. The zero-order chi connectivity index (χ0) is 35.6. The Kier molecular flexibility index (Phi) is 9.83. The highest BCUT2D eigenvalue weighted by atomic mass is 32.2. The van der Waals surface area contributed by atoms with Gasteiger partial charge in [-0.3, -0.25) is 24.6 Å². The first-order valence-corrected chi connectivity index (χ1v) is 18.4. The third kappa shape index (κ3) is 6.76. The summed E-state index contributed by atoms with van der Waals surface area (Å²) < 4.78 is 23.9. The van der Waals surface area contributed by atoms with Crippen molar-refractivity contribution in [2.45, 2.75) is 45.3 Å². The van der Waals surface area contributed by atoms with Gasteiger partial charge in [-0.1, -0.05) is 93.2 Å². The van der Waals surface area contributed by atoms with Crippen LogP contribution in [-0.4, -0.2) is 48.2 Å². The molecule has 1 saturated heterocycles. The lowest BCUT2D eigenvalue weighted by atomic mass is 9.79. The first-order valence-electron chi connectivity index (χ1n) is 16.0. The maximum Gasteiger partial charge on any atom is 0.356 e. The lowest BCUT2D eigenvalue weighted by Crippen LogP contribution is -2.71. The zero-order valence-corrected chi connectivity index (χ0v) is 29.9. The summed E-state index contributed by atoms with van der Waals surface area (Å²) in [4.78, 5) is 52.5. The molecule has 0 bridgehead atoms. The molecule has 1 fully saturated rings. The summed E-state index contributed by atoms with van der Waals surface area (Å²) in [6.45, 7) is 6.98. The summed E-state index contributed by atoms with van der Waals surface area (Å²) in [5.74, 6) is -2.66. The van der Waals surface area contributed by atoms with Gasteiger partial charge in [0.05, 0.1) is 24.1 Å². The van der Waals surface area contributed by atoms with Crippen molar-refractivity contribution in [3.8, 4) is 0 Å². The van der Waals surface area contributed by atoms with E-state index in [9.17, 15) is 24.5 Å². The number of carbonyl (C=O) groups is 3. The number of nitro groups is 1. The Balaban J connectivity index is 1.39. The van der Waals surface area contributed by atoms with Gasteiger partial charge in [0.1, 0.15) is 29.2 Å². The Labute approximate surface area is 295 Å². The van der Waals surface area contributed by atoms with Crippen LogP contribution in [0.4, 0.5) is 5.69 Å². The number of β-lactam (4-membered cyclic amide) rings is 1. The fourth-order valence-electron chi connectivity index (χ4n) is 6.29. The standard InChI is InChI=1S/C37H36N2O9SSi/c1-24(40)48-32(26-19-20-45-22-26)30-34(41)38-31(35(42)46-21-25-15-17-27(18-16-25)39(43)44)33(36(2,3)4)49-37(30,38)23-47-50(28-11-7-5-8-12-28)29-13-9-6-10-14-29/h5-20,22,30,32,50H,21,23H2,1-4H3/t30?,32?,37-/m1/s1.